The largest absolute Gasteiger partial charge is 0.496 e. The van der Waals surface area contributed by atoms with Crippen molar-refractivity contribution in [2.45, 2.75) is 11.5 Å². The zero-order valence-corrected chi connectivity index (χ0v) is 18.2. The molecular weight excluding hydrogens is 438 g/mol. The number of aliphatic hydroxyl groups excluding tert-OH is 1. The summed E-state index contributed by atoms with van der Waals surface area (Å²) in [5.41, 5.74) is 1.90. The Balaban J connectivity index is 1.81. The molecule has 0 fully saturated rings. The number of rotatable bonds is 8. The third kappa shape index (κ3) is 5.73. The number of halogens is 1. The predicted molar refractivity (Wildman–Crippen MR) is 121 cm³/mol. The molecule has 0 saturated heterocycles. The highest BCUT2D eigenvalue weighted by atomic mass is 35.5. The monoisotopic (exact) mass is 457 g/mol. The van der Waals surface area contributed by atoms with Gasteiger partial charge in [0.2, 0.25) is 0 Å². The summed E-state index contributed by atoms with van der Waals surface area (Å²) in [5.74, 6) is 0.245. The highest BCUT2D eigenvalue weighted by Crippen LogP contribution is 2.23. The van der Waals surface area contributed by atoms with Crippen molar-refractivity contribution in [3.05, 3.63) is 94.5 Å². The summed E-state index contributed by atoms with van der Waals surface area (Å²) in [5, 5.41) is 9.74. The number of ether oxygens (including phenoxy) is 1. The summed E-state index contributed by atoms with van der Waals surface area (Å²) in [4.78, 5) is 12.7. The van der Waals surface area contributed by atoms with E-state index in [9.17, 15) is 18.3 Å². The van der Waals surface area contributed by atoms with Crippen molar-refractivity contribution >= 4 is 39.2 Å². The lowest BCUT2D eigenvalue weighted by Gasteiger charge is -2.09. The number of aliphatic hydroxyl groups is 1. The van der Waals surface area contributed by atoms with E-state index in [1.165, 1.54) is 43.5 Å². The first-order valence-electron chi connectivity index (χ1n) is 9.21. The average Bonchev–Trinajstić information content (AvgIpc) is 2.77. The fourth-order valence-electron chi connectivity index (χ4n) is 2.84. The maximum absolute atomic E-state index is 12.6. The molecule has 160 valence electrons. The van der Waals surface area contributed by atoms with Crippen LogP contribution in [0, 0.1) is 0 Å². The maximum Gasteiger partial charge on any atom is 0.261 e. The summed E-state index contributed by atoms with van der Waals surface area (Å²) in [6.45, 7) is -0.130. The van der Waals surface area contributed by atoms with Crippen molar-refractivity contribution in [2.24, 2.45) is 0 Å². The van der Waals surface area contributed by atoms with Gasteiger partial charge in [-0.25, -0.2) is 8.42 Å². The number of hydrogen-bond acceptors (Lipinski definition) is 5. The average molecular weight is 458 g/mol. The van der Waals surface area contributed by atoms with Gasteiger partial charge in [0.05, 0.1) is 18.6 Å². The molecule has 0 saturated carbocycles. The molecule has 2 N–H and O–H groups in total. The summed E-state index contributed by atoms with van der Waals surface area (Å²) in [6, 6.07) is 17.1. The first-order valence-corrected chi connectivity index (χ1v) is 11.1. The fraction of sp³-hybridized carbons (Fsp3) is 0.0870. The number of hydrogen-bond donors (Lipinski definition) is 2. The smallest absolute Gasteiger partial charge is 0.261 e. The summed E-state index contributed by atoms with van der Waals surface area (Å²) in [6.07, 6.45) is 2.96. The van der Waals surface area contributed by atoms with Crippen LogP contribution in [0.25, 0.3) is 6.08 Å². The molecule has 0 heterocycles. The van der Waals surface area contributed by atoms with Crippen LogP contribution < -0.4 is 9.46 Å². The minimum atomic E-state index is -3.82. The normalized spacial score (nSPS) is 11.5. The van der Waals surface area contributed by atoms with Gasteiger partial charge in [0.1, 0.15) is 5.75 Å². The predicted octanol–water partition coefficient (Wildman–Crippen LogP) is 4.54. The van der Waals surface area contributed by atoms with Crippen LogP contribution in [0.15, 0.2) is 77.7 Å². The van der Waals surface area contributed by atoms with E-state index in [2.05, 4.69) is 4.72 Å². The molecule has 3 aromatic carbocycles. The third-order valence-electron chi connectivity index (χ3n) is 4.41. The van der Waals surface area contributed by atoms with E-state index < -0.39 is 10.0 Å². The molecule has 0 spiro atoms. The number of sulfonamides is 1. The number of benzene rings is 3. The molecule has 0 amide bonds. The molecule has 3 rings (SSSR count). The van der Waals surface area contributed by atoms with Crippen LogP contribution >= 0.6 is 11.6 Å². The second-order valence-corrected chi connectivity index (χ2v) is 8.69. The number of carbonyl (C=O) groups excluding carboxylic acids is 1. The quantitative estimate of drug-likeness (QED) is 0.382. The number of carbonyl (C=O) groups is 1. The summed E-state index contributed by atoms with van der Waals surface area (Å²) < 4.78 is 32.8. The topological polar surface area (TPSA) is 92.7 Å². The minimum Gasteiger partial charge on any atom is -0.496 e. The zero-order chi connectivity index (χ0) is 22.4. The van der Waals surface area contributed by atoms with Gasteiger partial charge in [-0.3, -0.25) is 9.52 Å². The van der Waals surface area contributed by atoms with E-state index in [0.717, 1.165) is 0 Å². The van der Waals surface area contributed by atoms with Gasteiger partial charge in [-0.2, -0.15) is 0 Å². The molecule has 0 aromatic heterocycles. The summed E-state index contributed by atoms with van der Waals surface area (Å²) in [7, 11) is -2.31. The Morgan fingerprint density at radius 1 is 1.10 bits per heavy atom. The Morgan fingerprint density at radius 3 is 2.52 bits per heavy atom. The Bertz CT molecular complexity index is 1220. The van der Waals surface area contributed by atoms with E-state index in [1.54, 1.807) is 42.5 Å². The fourth-order valence-corrected chi connectivity index (χ4v) is 4.01. The zero-order valence-electron chi connectivity index (χ0n) is 16.6. The lowest BCUT2D eigenvalue weighted by Crippen LogP contribution is -2.13. The van der Waals surface area contributed by atoms with Crippen LogP contribution in [0.2, 0.25) is 5.02 Å². The molecule has 0 bridgehead atoms. The van der Waals surface area contributed by atoms with Crippen molar-refractivity contribution in [3.8, 4) is 5.75 Å². The molecule has 6 nitrogen and oxygen atoms in total. The molecule has 3 aromatic rings. The van der Waals surface area contributed by atoms with Gasteiger partial charge in [0.15, 0.2) is 5.78 Å². The Hall–Kier alpha value is -3.13. The molecular formula is C23H20ClNO5S. The van der Waals surface area contributed by atoms with Crippen molar-refractivity contribution in [1.29, 1.82) is 0 Å². The Kier molecular flexibility index (Phi) is 7.12. The molecule has 0 aliphatic carbocycles. The minimum absolute atomic E-state index is 0.0596. The van der Waals surface area contributed by atoms with Crippen LogP contribution in [0.3, 0.4) is 0 Å². The highest BCUT2D eigenvalue weighted by Gasteiger charge is 2.15. The van der Waals surface area contributed by atoms with E-state index in [4.69, 9.17) is 16.3 Å². The van der Waals surface area contributed by atoms with Gasteiger partial charge in [0, 0.05) is 21.8 Å². The van der Waals surface area contributed by atoms with Gasteiger partial charge >= 0.3 is 0 Å². The molecule has 31 heavy (non-hydrogen) atoms. The van der Waals surface area contributed by atoms with Crippen LogP contribution in [0.5, 0.6) is 5.75 Å². The lowest BCUT2D eigenvalue weighted by molar-refractivity contribution is 0.104. The molecule has 0 aliphatic heterocycles. The molecule has 0 aliphatic rings. The molecule has 0 radical (unpaired) electrons. The number of nitrogens with one attached hydrogen (secondary N) is 1. The lowest BCUT2D eigenvalue weighted by atomic mass is 10.1. The van der Waals surface area contributed by atoms with Crippen molar-refractivity contribution < 1.29 is 23.1 Å². The molecule has 0 atom stereocenters. The molecule has 8 heteroatoms. The second kappa shape index (κ2) is 9.78. The first-order chi connectivity index (χ1) is 14.8. The van der Waals surface area contributed by atoms with Crippen LogP contribution in [0.4, 0.5) is 5.69 Å². The van der Waals surface area contributed by atoms with Crippen LogP contribution in [-0.2, 0) is 16.6 Å². The van der Waals surface area contributed by atoms with E-state index in [1.807, 2.05) is 0 Å². The van der Waals surface area contributed by atoms with Crippen LogP contribution in [-0.4, -0.2) is 26.4 Å². The number of ketones is 1. The van der Waals surface area contributed by atoms with Gasteiger partial charge in [-0.15, -0.1) is 0 Å². The third-order valence-corrected chi connectivity index (χ3v) is 6.06. The van der Waals surface area contributed by atoms with Crippen LogP contribution in [0.1, 0.15) is 21.5 Å². The Labute approximate surface area is 185 Å². The summed E-state index contributed by atoms with van der Waals surface area (Å²) >= 11 is 5.81. The van der Waals surface area contributed by atoms with Crippen molar-refractivity contribution in [2.75, 3.05) is 11.8 Å². The van der Waals surface area contributed by atoms with E-state index in [-0.39, 0.29) is 23.0 Å². The number of anilines is 1. The molecule has 0 unspecified atom stereocenters. The van der Waals surface area contributed by atoms with E-state index >= 15 is 0 Å². The van der Waals surface area contributed by atoms with E-state index in [0.29, 0.717) is 27.5 Å². The number of methoxy groups -OCH3 is 1. The standard InChI is InChI=1S/C23H20ClNO5S/c1-30-23-12-5-16(15-26)13-18(23)6-11-22(27)17-3-2-4-20(14-17)25-31(28,29)21-9-7-19(24)8-10-21/h2-14,25-26H,15H2,1H3/b11-6+. The second-order valence-electron chi connectivity index (χ2n) is 6.57. The van der Waals surface area contributed by atoms with Gasteiger partial charge in [-0.1, -0.05) is 29.8 Å². The number of allylic oxidation sites excluding steroid dienone is 1. The van der Waals surface area contributed by atoms with Gasteiger partial charge in [-0.05, 0) is 66.2 Å². The van der Waals surface area contributed by atoms with Crippen molar-refractivity contribution in [3.63, 3.8) is 0 Å². The van der Waals surface area contributed by atoms with Gasteiger partial charge in [0.25, 0.3) is 10.0 Å². The maximum atomic E-state index is 12.6. The highest BCUT2D eigenvalue weighted by molar-refractivity contribution is 7.92. The Morgan fingerprint density at radius 2 is 1.84 bits per heavy atom. The SMILES string of the molecule is COc1ccc(CO)cc1/C=C/C(=O)c1cccc(NS(=O)(=O)c2ccc(Cl)cc2)c1. The first kappa shape index (κ1) is 22.6. The van der Waals surface area contributed by atoms with Gasteiger partial charge < -0.3 is 9.84 Å². The van der Waals surface area contributed by atoms with Crippen molar-refractivity contribution in [1.82, 2.24) is 0 Å².